The predicted molar refractivity (Wildman–Crippen MR) is 103 cm³/mol. The topological polar surface area (TPSA) is 18.5 Å². The molecule has 4 unspecified atom stereocenters. The highest BCUT2D eigenvalue weighted by Gasteiger charge is 2.60. The van der Waals surface area contributed by atoms with E-state index in [1.807, 2.05) is 20.8 Å². The van der Waals surface area contributed by atoms with Gasteiger partial charge in [0.05, 0.1) is 18.6 Å². The molecule has 2 nitrogen and oxygen atoms in total. The molecule has 1 spiro atoms. The lowest BCUT2D eigenvalue weighted by atomic mass is 9.46. The van der Waals surface area contributed by atoms with E-state index in [4.69, 9.17) is 9.47 Å². The molecule has 4 rings (SSSR count). The number of allylic oxidation sites excluding steroid dienone is 2. The predicted octanol–water partition coefficient (Wildman–Crippen LogP) is 5.72. The van der Waals surface area contributed by atoms with Gasteiger partial charge in [0.1, 0.15) is 0 Å². The van der Waals surface area contributed by atoms with Gasteiger partial charge < -0.3 is 9.47 Å². The molecule has 2 saturated carbocycles. The first-order chi connectivity index (χ1) is 12.1. The molecule has 0 bridgehead atoms. The molecule has 25 heavy (non-hydrogen) atoms. The zero-order valence-electron chi connectivity index (χ0n) is 16.9. The van der Waals surface area contributed by atoms with Crippen molar-refractivity contribution in [3.05, 3.63) is 11.6 Å². The fourth-order valence-electron chi connectivity index (χ4n) is 6.34. The van der Waals surface area contributed by atoms with Gasteiger partial charge >= 0.3 is 0 Å². The van der Waals surface area contributed by atoms with Gasteiger partial charge in [0, 0.05) is 12.3 Å². The Morgan fingerprint density at radius 1 is 1.08 bits per heavy atom. The highest BCUT2D eigenvalue weighted by Crippen LogP contribution is 2.65. The molecule has 0 radical (unpaired) electrons. The average Bonchev–Trinajstić information content (AvgIpc) is 3.11. The maximum atomic E-state index is 6.13. The summed E-state index contributed by atoms with van der Waals surface area (Å²) in [6, 6.07) is 0. The maximum absolute atomic E-state index is 6.13. The SMILES string of the molecule is CC.CC#CC12CCCC=C1C1(C)CCC3(OCCO3)C(C)C1CC2. The van der Waals surface area contributed by atoms with E-state index in [0.717, 1.165) is 19.6 Å². The highest BCUT2D eigenvalue weighted by molar-refractivity contribution is 5.38. The largest absolute Gasteiger partial charge is 0.347 e. The van der Waals surface area contributed by atoms with Crippen LogP contribution in [0.15, 0.2) is 11.6 Å². The Kier molecular flexibility index (Phi) is 5.38. The summed E-state index contributed by atoms with van der Waals surface area (Å²) < 4.78 is 12.3. The summed E-state index contributed by atoms with van der Waals surface area (Å²) in [4.78, 5) is 0. The van der Waals surface area contributed by atoms with Crippen molar-refractivity contribution < 1.29 is 9.47 Å². The first-order valence-electron chi connectivity index (χ1n) is 10.5. The molecule has 0 amide bonds. The second kappa shape index (κ2) is 7.09. The Morgan fingerprint density at radius 2 is 1.80 bits per heavy atom. The van der Waals surface area contributed by atoms with Gasteiger partial charge in [0.2, 0.25) is 0 Å². The monoisotopic (exact) mass is 344 g/mol. The van der Waals surface area contributed by atoms with E-state index >= 15 is 0 Å². The van der Waals surface area contributed by atoms with E-state index in [2.05, 4.69) is 31.8 Å². The third-order valence-electron chi connectivity index (χ3n) is 7.42. The molecule has 4 atom stereocenters. The molecule has 0 N–H and O–H groups in total. The van der Waals surface area contributed by atoms with Crippen LogP contribution in [0.4, 0.5) is 0 Å². The van der Waals surface area contributed by atoms with Crippen LogP contribution in [0.2, 0.25) is 0 Å². The lowest BCUT2D eigenvalue weighted by Gasteiger charge is -2.60. The Balaban J connectivity index is 0.000000880. The van der Waals surface area contributed by atoms with Gasteiger partial charge in [-0.15, -0.1) is 5.92 Å². The number of hydrogen-bond acceptors (Lipinski definition) is 2. The standard InChI is InChI=1S/C21H30O2.C2H6/c1-4-9-20-10-6-5-7-18(20)19(3)12-13-21(22-14-15-23-21)16(2)17(19)8-11-20;1-2/h7,16-17H,5-6,8,10-15H2,1-3H3;1-2H3. The van der Waals surface area contributed by atoms with E-state index in [1.54, 1.807) is 5.57 Å². The number of ether oxygens (including phenoxy) is 2. The van der Waals surface area contributed by atoms with E-state index in [9.17, 15) is 0 Å². The Bertz CT molecular complexity index is 575. The summed E-state index contributed by atoms with van der Waals surface area (Å²) in [6.07, 6.45) is 11.0. The molecule has 0 aromatic carbocycles. The van der Waals surface area contributed by atoms with Crippen LogP contribution in [0.1, 0.15) is 79.6 Å². The minimum absolute atomic E-state index is 0.167. The van der Waals surface area contributed by atoms with Crippen molar-refractivity contribution in [3.8, 4) is 11.8 Å². The van der Waals surface area contributed by atoms with Crippen molar-refractivity contribution in [3.63, 3.8) is 0 Å². The van der Waals surface area contributed by atoms with Gasteiger partial charge in [-0.3, -0.25) is 0 Å². The molecule has 2 heteroatoms. The van der Waals surface area contributed by atoms with Crippen LogP contribution in [0.25, 0.3) is 0 Å². The molecule has 0 aromatic heterocycles. The second-order valence-corrected chi connectivity index (χ2v) is 8.33. The Hall–Kier alpha value is -0.780. The summed E-state index contributed by atoms with van der Waals surface area (Å²) in [5, 5.41) is 0. The van der Waals surface area contributed by atoms with E-state index in [1.165, 1.54) is 38.5 Å². The van der Waals surface area contributed by atoms with Crippen molar-refractivity contribution in [2.24, 2.45) is 22.7 Å². The third-order valence-corrected chi connectivity index (χ3v) is 7.42. The van der Waals surface area contributed by atoms with Crippen molar-refractivity contribution in [1.82, 2.24) is 0 Å². The van der Waals surface area contributed by atoms with Crippen molar-refractivity contribution in [1.29, 1.82) is 0 Å². The fraction of sp³-hybridized carbons (Fsp3) is 0.826. The first kappa shape index (κ1) is 19.0. The summed E-state index contributed by atoms with van der Waals surface area (Å²) in [5.41, 5.74) is 2.11. The van der Waals surface area contributed by atoms with Crippen LogP contribution in [0.3, 0.4) is 0 Å². The van der Waals surface area contributed by atoms with Crippen LogP contribution in [0, 0.1) is 34.5 Å². The Labute approximate surface area is 154 Å². The van der Waals surface area contributed by atoms with Gasteiger partial charge in [-0.05, 0) is 62.4 Å². The van der Waals surface area contributed by atoms with E-state index < -0.39 is 0 Å². The molecule has 3 fully saturated rings. The van der Waals surface area contributed by atoms with Gasteiger partial charge in [-0.1, -0.05) is 39.7 Å². The maximum Gasteiger partial charge on any atom is 0.171 e. The summed E-state index contributed by atoms with van der Waals surface area (Å²) in [6.45, 7) is 12.4. The van der Waals surface area contributed by atoms with Crippen molar-refractivity contribution >= 4 is 0 Å². The minimum Gasteiger partial charge on any atom is -0.347 e. The van der Waals surface area contributed by atoms with Crippen LogP contribution in [-0.4, -0.2) is 19.0 Å². The summed E-state index contributed by atoms with van der Waals surface area (Å²) >= 11 is 0. The second-order valence-electron chi connectivity index (χ2n) is 8.33. The third kappa shape index (κ3) is 2.79. The average molecular weight is 345 g/mol. The van der Waals surface area contributed by atoms with Crippen LogP contribution >= 0.6 is 0 Å². The normalized spacial score (nSPS) is 41.4. The van der Waals surface area contributed by atoms with E-state index in [0.29, 0.717) is 11.8 Å². The molecular weight excluding hydrogens is 308 g/mol. The van der Waals surface area contributed by atoms with Gasteiger partial charge in [-0.2, -0.15) is 0 Å². The summed E-state index contributed by atoms with van der Waals surface area (Å²) in [5.74, 6) is 7.75. The van der Waals surface area contributed by atoms with Crippen LogP contribution in [-0.2, 0) is 9.47 Å². The quantitative estimate of drug-likeness (QED) is 0.413. The van der Waals surface area contributed by atoms with Crippen molar-refractivity contribution in [2.75, 3.05) is 13.2 Å². The van der Waals surface area contributed by atoms with Gasteiger partial charge in [-0.25, -0.2) is 0 Å². The first-order valence-corrected chi connectivity index (χ1v) is 10.5. The van der Waals surface area contributed by atoms with Crippen LogP contribution < -0.4 is 0 Å². The fourth-order valence-corrected chi connectivity index (χ4v) is 6.34. The molecule has 140 valence electrons. The van der Waals surface area contributed by atoms with Gasteiger partial charge in [0.25, 0.3) is 0 Å². The number of fused-ring (bicyclic) bond motifs is 3. The smallest absolute Gasteiger partial charge is 0.171 e. The van der Waals surface area contributed by atoms with Crippen molar-refractivity contribution in [2.45, 2.75) is 85.4 Å². The molecule has 3 aliphatic carbocycles. The van der Waals surface area contributed by atoms with Crippen LogP contribution in [0.5, 0.6) is 0 Å². The zero-order chi connectivity index (χ0) is 18.1. The molecule has 1 heterocycles. The lowest BCUT2D eigenvalue weighted by molar-refractivity contribution is -0.243. The minimum atomic E-state index is -0.296. The number of rotatable bonds is 0. The lowest BCUT2D eigenvalue weighted by Crippen LogP contribution is -2.56. The molecular formula is C23H36O2. The molecule has 0 aromatic rings. The van der Waals surface area contributed by atoms with Gasteiger partial charge in [0.15, 0.2) is 5.79 Å². The zero-order valence-corrected chi connectivity index (χ0v) is 16.9. The van der Waals surface area contributed by atoms with E-state index in [-0.39, 0.29) is 16.6 Å². The molecule has 4 aliphatic rings. The Morgan fingerprint density at radius 3 is 2.48 bits per heavy atom. The molecule has 1 saturated heterocycles. The number of hydrogen-bond donors (Lipinski definition) is 0. The molecule has 1 aliphatic heterocycles. The summed E-state index contributed by atoms with van der Waals surface area (Å²) in [7, 11) is 0. The highest BCUT2D eigenvalue weighted by atomic mass is 16.7.